The zero-order valence-corrected chi connectivity index (χ0v) is 27.8. The summed E-state index contributed by atoms with van der Waals surface area (Å²) in [5.74, 6) is -0.315. The Morgan fingerprint density at radius 3 is 2.16 bits per heavy atom. The maximum Gasteiger partial charge on any atom is 0.437 e. The average Bonchev–Trinajstić information content (AvgIpc) is 3.63. The number of hydrogen-bond donors (Lipinski definition) is 1. The van der Waals surface area contributed by atoms with Gasteiger partial charge in [-0.2, -0.15) is 31.3 Å². The van der Waals surface area contributed by atoms with Gasteiger partial charge in [0, 0.05) is 12.1 Å². The van der Waals surface area contributed by atoms with E-state index in [1.54, 1.807) is 41.5 Å². The predicted molar refractivity (Wildman–Crippen MR) is 165 cm³/mol. The Labute approximate surface area is 278 Å². The summed E-state index contributed by atoms with van der Waals surface area (Å²) < 4.78 is 97.2. The zero-order valence-electron chi connectivity index (χ0n) is 27.8. The highest BCUT2D eigenvalue weighted by Gasteiger charge is 2.37. The molecule has 0 aliphatic carbocycles. The maximum absolute atomic E-state index is 14.2. The molecule has 266 valence electrons. The molecule has 1 aromatic heterocycles. The van der Waals surface area contributed by atoms with Crippen LogP contribution in [0, 0.1) is 0 Å². The van der Waals surface area contributed by atoms with Crippen molar-refractivity contribution in [3.05, 3.63) is 70.6 Å². The lowest BCUT2D eigenvalue weighted by Gasteiger charge is -2.27. The van der Waals surface area contributed by atoms with E-state index in [1.807, 2.05) is 0 Å². The van der Waals surface area contributed by atoms with Crippen LogP contribution in [0.3, 0.4) is 0 Å². The van der Waals surface area contributed by atoms with E-state index in [0.29, 0.717) is 24.9 Å². The van der Waals surface area contributed by atoms with Crippen LogP contribution in [0.1, 0.15) is 88.6 Å². The van der Waals surface area contributed by atoms with Crippen molar-refractivity contribution in [1.29, 1.82) is 0 Å². The molecule has 10 nitrogen and oxygen atoms in total. The summed E-state index contributed by atoms with van der Waals surface area (Å²) in [6.45, 7) is 10.2. The van der Waals surface area contributed by atoms with Crippen LogP contribution in [-0.4, -0.2) is 50.9 Å². The number of alkyl halides is 6. The van der Waals surface area contributed by atoms with Gasteiger partial charge in [-0.05, 0) is 96.6 Å². The van der Waals surface area contributed by atoms with E-state index < -0.39 is 52.9 Å². The van der Waals surface area contributed by atoms with Crippen molar-refractivity contribution in [1.82, 2.24) is 20.4 Å². The van der Waals surface area contributed by atoms with Gasteiger partial charge in [0.05, 0.1) is 11.1 Å². The molecule has 0 saturated carbocycles. The second-order valence-corrected chi connectivity index (χ2v) is 13.4. The summed E-state index contributed by atoms with van der Waals surface area (Å²) in [6, 6.07) is 7.12. The van der Waals surface area contributed by atoms with Gasteiger partial charge in [0.2, 0.25) is 17.7 Å². The van der Waals surface area contributed by atoms with Crippen LogP contribution < -0.4 is 5.32 Å². The molecule has 0 bridgehead atoms. The number of aromatic nitrogens is 2. The largest absolute Gasteiger partial charge is 0.444 e. The van der Waals surface area contributed by atoms with Crippen LogP contribution in [0.4, 0.5) is 35.9 Å². The van der Waals surface area contributed by atoms with E-state index in [-0.39, 0.29) is 41.6 Å². The summed E-state index contributed by atoms with van der Waals surface area (Å²) in [4.78, 5) is 35.1. The minimum atomic E-state index is -4.75. The average molecular weight is 698 g/mol. The van der Waals surface area contributed by atoms with Gasteiger partial charge in [-0.25, -0.2) is 9.59 Å². The second kappa shape index (κ2) is 14.1. The minimum absolute atomic E-state index is 0.00955. The van der Waals surface area contributed by atoms with Gasteiger partial charge in [-0.1, -0.05) is 29.4 Å². The fraction of sp³-hybridized carbons (Fsp3) is 0.485. The summed E-state index contributed by atoms with van der Waals surface area (Å²) in [5.41, 5.74) is -3.12. The lowest BCUT2D eigenvalue weighted by Crippen LogP contribution is -2.46. The number of aryl methyl sites for hydroxylation is 2. The molecule has 4 rings (SSSR count). The standard InChI is InChI=1S/C33H37F6N5O5/c1-30(2,3)47-28(45)41-27(42-29(46)48-31(4,5)6)44-17-7-8-24(44)26-40-25(43-49-26)21-14-13-20(23(18-21)33(37,38)39)12-9-19-10-15-22(16-11-19)32(34,35)36/h10-11,13-16,18,24H,7-9,12,17H2,1-6H3,(H,41,42,45,46). The number of nitrogens with zero attached hydrogens (tertiary/aromatic N) is 4. The van der Waals surface area contributed by atoms with Crippen molar-refractivity contribution in [3.8, 4) is 11.4 Å². The van der Waals surface area contributed by atoms with Crippen LogP contribution in [0.15, 0.2) is 52.0 Å². The highest BCUT2D eigenvalue weighted by atomic mass is 19.4. The molecular formula is C33H37F6N5O5. The molecule has 2 amide bonds. The number of benzene rings is 2. The summed E-state index contributed by atoms with van der Waals surface area (Å²) in [6.07, 6.45) is -10.2. The minimum Gasteiger partial charge on any atom is -0.444 e. The van der Waals surface area contributed by atoms with E-state index in [0.717, 1.165) is 18.2 Å². The number of aliphatic imine (C=N–C) groups is 1. The Balaban J connectivity index is 1.58. The Hall–Kier alpha value is -4.63. The molecule has 1 aliphatic heterocycles. The summed E-state index contributed by atoms with van der Waals surface area (Å²) in [7, 11) is 0. The quantitative estimate of drug-likeness (QED) is 0.160. The molecule has 1 aliphatic rings. The van der Waals surface area contributed by atoms with Crippen molar-refractivity contribution in [2.75, 3.05) is 6.54 Å². The number of hydrogen-bond acceptors (Lipinski definition) is 7. The molecule has 49 heavy (non-hydrogen) atoms. The smallest absolute Gasteiger partial charge is 0.437 e. The van der Waals surface area contributed by atoms with Gasteiger partial charge in [0.25, 0.3) is 0 Å². The molecule has 0 spiro atoms. The van der Waals surface area contributed by atoms with E-state index >= 15 is 0 Å². The third-order valence-corrected chi connectivity index (χ3v) is 7.09. The van der Waals surface area contributed by atoms with Crippen molar-refractivity contribution in [3.63, 3.8) is 0 Å². The van der Waals surface area contributed by atoms with E-state index in [9.17, 15) is 35.9 Å². The van der Waals surface area contributed by atoms with Crippen molar-refractivity contribution in [2.24, 2.45) is 4.99 Å². The molecule has 1 atom stereocenters. The van der Waals surface area contributed by atoms with Crippen molar-refractivity contribution in [2.45, 2.75) is 96.8 Å². The summed E-state index contributed by atoms with van der Waals surface area (Å²) >= 11 is 0. The van der Waals surface area contributed by atoms with Crippen LogP contribution >= 0.6 is 0 Å². The number of amides is 2. The molecule has 1 fully saturated rings. The number of carbonyl (C=O) groups excluding carboxylic acids is 2. The number of rotatable bonds is 5. The molecule has 16 heteroatoms. The Kier molecular flexibility index (Phi) is 10.7. The number of guanidine groups is 1. The Bertz CT molecular complexity index is 1670. The molecule has 1 saturated heterocycles. The first-order valence-electron chi connectivity index (χ1n) is 15.4. The lowest BCUT2D eigenvalue weighted by molar-refractivity contribution is -0.138. The number of nitrogens with one attached hydrogen (secondary N) is 1. The lowest BCUT2D eigenvalue weighted by atomic mass is 9.97. The number of likely N-dealkylation sites (tertiary alicyclic amines) is 1. The van der Waals surface area contributed by atoms with Crippen LogP contribution in [0.25, 0.3) is 11.4 Å². The van der Waals surface area contributed by atoms with Gasteiger partial charge in [0.1, 0.15) is 17.2 Å². The van der Waals surface area contributed by atoms with E-state index in [2.05, 4.69) is 20.4 Å². The first-order valence-corrected chi connectivity index (χ1v) is 15.4. The normalized spacial score (nSPS) is 16.1. The molecule has 2 aromatic carbocycles. The van der Waals surface area contributed by atoms with Crippen LogP contribution in [-0.2, 0) is 34.7 Å². The molecule has 0 radical (unpaired) electrons. The van der Waals surface area contributed by atoms with Crippen LogP contribution in [0.5, 0.6) is 0 Å². The third kappa shape index (κ3) is 10.4. The third-order valence-electron chi connectivity index (χ3n) is 7.09. The second-order valence-electron chi connectivity index (χ2n) is 13.4. The van der Waals surface area contributed by atoms with Gasteiger partial charge in [-0.3, -0.25) is 5.32 Å². The number of alkyl carbamates (subject to hydrolysis) is 1. The monoisotopic (exact) mass is 697 g/mol. The highest BCUT2D eigenvalue weighted by molar-refractivity contribution is 5.99. The zero-order chi connectivity index (χ0) is 36.4. The fourth-order valence-electron chi connectivity index (χ4n) is 5.03. The van der Waals surface area contributed by atoms with Gasteiger partial charge in [0.15, 0.2) is 0 Å². The molecule has 1 N–H and O–H groups in total. The van der Waals surface area contributed by atoms with Gasteiger partial charge < -0.3 is 18.9 Å². The Morgan fingerprint density at radius 1 is 0.918 bits per heavy atom. The van der Waals surface area contributed by atoms with Gasteiger partial charge >= 0.3 is 24.5 Å². The van der Waals surface area contributed by atoms with E-state index in [4.69, 9.17) is 14.0 Å². The van der Waals surface area contributed by atoms with E-state index in [1.165, 1.54) is 29.2 Å². The van der Waals surface area contributed by atoms with Crippen molar-refractivity contribution >= 4 is 18.1 Å². The first-order chi connectivity index (χ1) is 22.6. The first kappa shape index (κ1) is 37.2. The topological polar surface area (TPSA) is 119 Å². The summed E-state index contributed by atoms with van der Waals surface area (Å²) in [5, 5.41) is 6.39. The predicted octanol–water partition coefficient (Wildman–Crippen LogP) is 8.51. The van der Waals surface area contributed by atoms with Gasteiger partial charge in [-0.15, -0.1) is 4.99 Å². The Morgan fingerprint density at radius 2 is 1.57 bits per heavy atom. The highest BCUT2D eigenvalue weighted by Crippen LogP contribution is 2.37. The number of halogens is 6. The van der Waals surface area contributed by atoms with Crippen molar-refractivity contribution < 1.29 is 49.9 Å². The number of ether oxygens (including phenoxy) is 2. The molecule has 2 heterocycles. The molecule has 3 aromatic rings. The number of carbonyl (C=O) groups is 2. The SMILES string of the molecule is CC(C)(C)OC(=O)N=C(NC(=O)OC(C)(C)C)N1CCCC1c1nc(-c2ccc(CCc3ccc(C(F)(F)F)cc3)c(C(F)(F)F)c2)no1. The molecule has 1 unspecified atom stereocenters. The van der Waals surface area contributed by atoms with Crippen LogP contribution in [0.2, 0.25) is 0 Å². The fourth-order valence-corrected chi connectivity index (χ4v) is 5.03. The maximum atomic E-state index is 14.2. The molecular weight excluding hydrogens is 660 g/mol.